The van der Waals surface area contributed by atoms with E-state index in [1.807, 2.05) is 27.2 Å². The Bertz CT molecular complexity index is 1610. The summed E-state index contributed by atoms with van der Waals surface area (Å²) in [6.07, 6.45) is 78.1. The van der Waals surface area contributed by atoms with Crippen molar-refractivity contribution >= 4 is 13.7 Å². The third-order valence-corrected chi connectivity index (χ3v) is 12.5. The summed E-state index contributed by atoms with van der Waals surface area (Å²) < 4.78 is 23.3. The van der Waals surface area contributed by atoms with Crippen molar-refractivity contribution < 1.29 is 32.9 Å². The molecule has 1 amide bonds. The molecule has 0 radical (unpaired) electrons. The minimum absolute atomic E-state index is 0.0180. The third-order valence-electron chi connectivity index (χ3n) is 11.6. The molecule has 0 aliphatic rings. The van der Waals surface area contributed by atoms with Crippen LogP contribution in [0.15, 0.2) is 134 Å². The van der Waals surface area contributed by atoms with E-state index in [2.05, 4.69) is 141 Å². The van der Waals surface area contributed by atoms with E-state index >= 15 is 0 Å². The Kier molecular flexibility index (Phi) is 49.1. The van der Waals surface area contributed by atoms with Crippen LogP contribution in [0.3, 0.4) is 0 Å². The monoisotopic (exact) mass is 1000 g/mol. The Morgan fingerprint density at radius 1 is 0.507 bits per heavy atom. The number of hydrogen-bond acceptors (Lipinski definition) is 6. The molecule has 0 heterocycles. The van der Waals surface area contributed by atoms with Gasteiger partial charge in [0.2, 0.25) is 5.91 Å². The summed E-state index contributed by atoms with van der Waals surface area (Å²) in [4.78, 5) is 25.5. The van der Waals surface area contributed by atoms with Crippen LogP contribution >= 0.6 is 7.82 Å². The van der Waals surface area contributed by atoms with E-state index in [0.717, 1.165) is 109 Å². The summed E-state index contributed by atoms with van der Waals surface area (Å²) in [5, 5.41) is 13.8. The summed E-state index contributed by atoms with van der Waals surface area (Å²) in [6.45, 7) is 4.46. The van der Waals surface area contributed by atoms with E-state index in [4.69, 9.17) is 9.05 Å². The maximum absolute atomic E-state index is 12.9. The second kappa shape index (κ2) is 51.5. The number of hydrogen-bond donors (Lipinski definition) is 2. The van der Waals surface area contributed by atoms with Gasteiger partial charge in [0, 0.05) is 6.42 Å². The summed E-state index contributed by atoms with van der Waals surface area (Å²) in [5.74, 6) is -0.227. The smallest absolute Gasteiger partial charge is 0.268 e. The van der Waals surface area contributed by atoms with Crippen LogP contribution in [0.2, 0.25) is 0 Å². The molecule has 0 aliphatic heterocycles. The van der Waals surface area contributed by atoms with Gasteiger partial charge in [0.15, 0.2) is 0 Å². The van der Waals surface area contributed by atoms with Crippen molar-refractivity contribution in [1.29, 1.82) is 0 Å². The van der Waals surface area contributed by atoms with Crippen LogP contribution in [-0.4, -0.2) is 68.5 Å². The third kappa shape index (κ3) is 54.3. The van der Waals surface area contributed by atoms with Gasteiger partial charge in [-0.1, -0.05) is 218 Å². The van der Waals surface area contributed by atoms with Gasteiger partial charge in [0.05, 0.1) is 39.9 Å². The SMILES string of the molecule is CC/C=C\C/C=C\C/C=C\C/C=C\C/C=C\C/C=C\C/C=C\C/C=C\CCCCCCCCCCC(=O)NC(COP(=O)([O-])OCC[N+](C)(C)C)C(O)/C=C/CC/C=C/CC/C=C/CCCCCCCC. The molecule has 0 bridgehead atoms. The molecule has 0 saturated heterocycles. The topological polar surface area (TPSA) is 108 Å². The number of allylic oxidation sites excluding steroid dienone is 21. The minimum atomic E-state index is -4.62. The summed E-state index contributed by atoms with van der Waals surface area (Å²) in [7, 11) is 1.21. The quantitative estimate of drug-likeness (QED) is 0.0272. The average Bonchev–Trinajstić information content (AvgIpc) is 3.33. The number of nitrogens with zero attached hydrogens (tertiary/aromatic N) is 1. The number of nitrogens with one attached hydrogen (secondary N) is 1. The molecule has 71 heavy (non-hydrogen) atoms. The first-order valence-electron chi connectivity index (χ1n) is 28.0. The molecular weight excluding hydrogens is 900 g/mol. The fraction of sp³-hybridized carbons (Fsp3) is 0.629. The number of unbranched alkanes of at least 4 members (excludes halogenated alkanes) is 16. The van der Waals surface area contributed by atoms with E-state index in [-0.39, 0.29) is 12.5 Å². The summed E-state index contributed by atoms with van der Waals surface area (Å²) >= 11 is 0. The van der Waals surface area contributed by atoms with Gasteiger partial charge < -0.3 is 28.8 Å². The summed E-state index contributed by atoms with van der Waals surface area (Å²) in [5.41, 5.74) is 0. The molecule has 0 saturated carbocycles. The Morgan fingerprint density at radius 2 is 0.873 bits per heavy atom. The van der Waals surface area contributed by atoms with Crippen molar-refractivity contribution in [1.82, 2.24) is 5.32 Å². The number of quaternary nitrogens is 1. The fourth-order valence-electron chi connectivity index (χ4n) is 7.20. The number of phosphoric ester groups is 1. The molecule has 3 unspecified atom stereocenters. The maximum Gasteiger partial charge on any atom is 0.268 e. The number of rotatable bonds is 49. The van der Waals surface area contributed by atoms with Crippen molar-refractivity contribution in [2.45, 2.75) is 212 Å². The molecule has 8 nitrogen and oxygen atoms in total. The zero-order valence-corrected chi connectivity index (χ0v) is 46.8. The van der Waals surface area contributed by atoms with Crippen LogP contribution in [0.1, 0.15) is 200 Å². The number of aliphatic hydroxyl groups is 1. The highest BCUT2D eigenvalue weighted by molar-refractivity contribution is 7.45. The Labute approximate surface area is 436 Å². The molecule has 0 fully saturated rings. The molecule has 0 aromatic heterocycles. The Morgan fingerprint density at radius 3 is 1.31 bits per heavy atom. The molecule has 404 valence electrons. The predicted molar refractivity (Wildman–Crippen MR) is 306 cm³/mol. The highest BCUT2D eigenvalue weighted by atomic mass is 31.2. The van der Waals surface area contributed by atoms with Gasteiger partial charge in [-0.15, -0.1) is 0 Å². The first-order chi connectivity index (χ1) is 34.5. The van der Waals surface area contributed by atoms with Gasteiger partial charge in [-0.25, -0.2) is 0 Å². The van der Waals surface area contributed by atoms with Gasteiger partial charge >= 0.3 is 0 Å². The fourth-order valence-corrected chi connectivity index (χ4v) is 7.92. The molecular formula is C62H105N2O6P. The van der Waals surface area contributed by atoms with Crippen molar-refractivity contribution in [3.63, 3.8) is 0 Å². The van der Waals surface area contributed by atoms with Gasteiger partial charge in [0.1, 0.15) is 13.2 Å². The Balaban J connectivity index is 4.28. The molecule has 0 rings (SSSR count). The van der Waals surface area contributed by atoms with E-state index in [1.54, 1.807) is 6.08 Å². The number of phosphoric acid groups is 1. The van der Waals surface area contributed by atoms with Gasteiger partial charge in [0.25, 0.3) is 7.82 Å². The van der Waals surface area contributed by atoms with Crippen molar-refractivity contribution in [3.05, 3.63) is 134 Å². The largest absolute Gasteiger partial charge is 0.756 e. The normalized spacial score (nSPS) is 15.0. The number of likely N-dealkylation sites (N-methyl/N-ethyl adjacent to an activating group) is 1. The van der Waals surface area contributed by atoms with Crippen LogP contribution in [0.5, 0.6) is 0 Å². The zero-order chi connectivity index (χ0) is 52.0. The van der Waals surface area contributed by atoms with Gasteiger partial charge in [-0.2, -0.15) is 0 Å². The molecule has 0 aliphatic carbocycles. The number of carbonyl (C=O) groups excluding carboxylic acids is 1. The summed E-state index contributed by atoms with van der Waals surface area (Å²) in [6, 6.07) is -0.924. The molecule has 0 spiro atoms. The second-order valence-corrected chi connectivity index (χ2v) is 20.9. The van der Waals surface area contributed by atoms with Crippen LogP contribution in [0.25, 0.3) is 0 Å². The average molecular weight is 1010 g/mol. The first-order valence-corrected chi connectivity index (χ1v) is 29.5. The number of carbonyl (C=O) groups is 1. The molecule has 3 atom stereocenters. The standard InChI is InChI=1S/C62H105N2O6P/c1-6-8-10-12-14-16-18-20-22-24-25-26-27-28-29-30-31-32-33-34-35-36-37-38-39-40-42-44-46-48-50-52-54-56-62(66)63-60(59-70-71(67,68)69-58-57-64(3,4)5)61(65)55-53-51-49-47-45-43-41-23-21-19-17-15-13-11-9-7-2/h8,10,14,16,20-23,25-26,28-29,31-32,34-35,37-38,45,47,53,55,60-61,65H,6-7,9,11-13,15,17-19,24,27,30,33,36,39-44,46,48-52,54,56-59H2,1-5H3,(H-,63,66,67,68)/b10-8-,16-14-,22-20-,23-21+,26-25-,29-28-,32-31-,35-34-,38-37-,47-45+,55-53+. The number of amides is 1. The molecule has 0 aromatic rings. The Hall–Kier alpha value is -3.36. The van der Waals surface area contributed by atoms with E-state index in [1.165, 1.54) is 70.6 Å². The molecule has 9 heteroatoms. The highest BCUT2D eigenvalue weighted by Gasteiger charge is 2.23. The lowest BCUT2D eigenvalue weighted by atomic mass is 10.1. The van der Waals surface area contributed by atoms with Crippen LogP contribution in [0.4, 0.5) is 0 Å². The van der Waals surface area contributed by atoms with Crippen molar-refractivity contribution in [2.75, 3.05) is 40.9 Å². The van der Waals surface area contributed by atoms with E-state index in [0.29, 0.717) is 17.4 Å². The first kappa shape index (κ1) is 67.6. The van der Waals surface area contributed by atoms with E-state index < -0.39 is 26.6 Å². The van der Waals surface area contributed by atoms with Crippen LogP contribution in [0, 0.1) is 0 Å². The van der Waals surface area contributed by atoms with Gasteiger partial charge in [-0.05, 0) is 109 Å². The lowest BCUT2D eigenvalue weighted by Gasteiger charge is -2.29. The second-order valence-electron chi connectivity index (χ2n) is 19.5. The van der Waals surface area contributed by atoms with Crippen molar-refractivity contribution in [2.24, 2.45) is 0 Å². The highest BCUT2D eigenvalue weighted by Crippen LogP contribution is 2.38. The van der Waals surface area contributed by atoms with Crippen LogP contribution < -0.4 is 10.2 Å². The van der Waals surface area contributed by atoms with Crippen molar-refractivity contribution in [3.8, 4) is 0 Å². The zero-order valence-electron chi connectivity index (χ0n) is 45.9. The van der Waals surface area contributed by atoms with Gasteiger partial charge in [-0.3, -0.25) is 9.36 Å². The number of aliphatic hydroxyl groups excluding tert-OH is 1. The minimum Gasteiger partial charge on any atom is -0.756 e. The van der Waals surface area contributed by atoms with Crippen LogP contribution in [-0.2, 0) is 18.4 Å². The van der Waals surface area contributed by atoms with E-state index in [9.17, 15) is 19.4 Å². The molecule has 2 N–H and O–H groups in total. The lowest BCUT2D eigenvalue weighted by molar-refractivity contribution is -0.870. The predicted octanol–water partition coefficient (Wildman–Crippen LogP) is 16.5. The maximum atomic E-state index is 12.9. The lowest BCUT2D eigenvalue weighted by Crippen LogP contribution is -2.45. The molecule has 0 aromatic carbocycles.